The van der Waals surface area contributed by atoms with Crippen LogP contribution in [-0.4, -0.2) is 37.7 Å². The molecule has 0 N–H and O–H groups in total. The van der Waals surface area contributed by atoms with Gasteiger partial charge in [-0.05, 0) is 20.8 Å². The smallest absolute Gasteiger partial charge is 0.302 e. The first kappa shape index (κ1) is 64.9. The number of hydrogen-bond donors (Lipinski definition) is 0. The molecule has 0 aliphatic heterocycles. The molecule has 0 atom stereocenters. The molecule has 0 aromatic heterocycles. The summed E-state index contributed by atoms with van der Waals surface area (Å²) in [5, 5.41) is 0. The largest absolute Gasteiger partial charge is 0.466 e. The van der Waals surface area contributed by atoms with Gasteiger partial charge in [-0.15, -0.1) is 0 Å². The van der Waals surface area contributed by atoms with Crippen molar-refractivity contribution >= 4 is 17.9 Å². The third-order valence-electron chi connectivity index (χ3n) is 5.83. The van der Waals surface area contributed by atoms with E-state index in [9.17, 15) is 14.4 Å². The Morgan fingerprint density at radius 2 is 0.375 bits per heavy atom. The Labute approximate surface area is 305 Å². The molecule has 298 valence electrons. The van der Waals surface area contributed by atoms with E-state index in [0.717, 1.165) is 0 Å². The Bertz CT molecular complexity index is 390. The standard InChI is InChI=1S/5C6H14.3C4H8O2/c5*1-3-5-6-4-2;3*1-3-6-4(2)5/h5*3-6H2,1-2H3;3*3H2,1-2H3. The van der Waals surface area contributed by atoms with Crippen molar-refractivity contribution in [3.8, 4) is 0 Å². The lowest BCUT2D eigenvalue weighted by Gasteiger charge is -1.89. The number of unbranched alkanes of at least 4 members (excludes halogenated alkanes) is 15. The lowest BCUT2D eigenvalue weighted by Crippen LogP contribution is -1.95. The molecule has 0 saturated heterocycles. The summed E-state index contributed by atoms with van der Waals surface area (Å²) in [5.74, 6) is -0.632. The van der Waals surface area contributed by atoms with E-state index in [1.165, 1.54) is 149 Å². The van der Waals surface area contributed by atoms with Crippen molar-refractivity contribution < 1.29 is 28.6 Å². The predicted molar refractivity (Wildman–Crippen MR) is 216 cm³/mol. The molecule has 0 unspecified atom stereocenters. The molecule has 0 fully saturated rings. The van der Waals surface area contributed by atoms with Crippen LogP contribution in [0.1, 0.15) is 239 Å². The Balaban J connectivity index is -0.0000000635. The molecule has 0 spiro atoms. The third-order valence-corrected chi connectivity index (χ3v) is 5.83. The maximum absolute atomic E-state index is 9.82. The zero-order chi connectivity index (χ0) is 39.1. The van der Waals surface area contributed by atoms with E-state index < -0.39 is 0 Å². The molecular formula is C42H94O6. The van der Waals surface area contributed by atoms with Crippen LogP contribution in [0.15, 0.2) is 0 Å². The summed E-state index contributed by atoms with van der Waals surface area (Å²) in [7, 11) is 0. The highest BCUT2D eigenvalue weighted by molar-refractivity contribution is 5.66. The Kier molecular flexibility index (Phi) is 108. The van der Waals surface area contributed by atoms with Crippen molar-refractivity contribution in [3.63, 3.8) is 0 Å². The Hall–Kier alpha value is -1.59. The maximum atomic E-state index is 9.82. The van der Waals surface area contributed by atoms with Gasteiger partial charge in [0, 0.05) is 20.8 Å². The monoisotopic (exact) mass is 695 g/mol. The zero-order valence-corrected chi connectivity index (χ0v) is 36.2. The molecule has 0 bridgehead atoms. The van der Waals surface area contributed by atoms with Crippen LogP contribution in [-0.2, 0) is 28.6 Å². The van der Waals surface area contributed by atoms with E-state index >= 15 is 0 Å². The summed E-state index contributed by atoms with van der Waals surface area (Å²) < 4.78 is 13.2. The van der Waals surface area contributed by atoms with Crippen LogP contribution >= 0.6 is 0 Å². The van der Waals surface area contributed by atoms with Gasteiger partial charge in [0.25, 0.3) is 0 Å². The maximum Gasteiger partial charge on any atom is 0.302 e. The minimum Gasteiger partial charge on any atom is -0.466 e. The van der Waals surface area contributed by atoms with E-state index in [4.69, 9.17) is 0 Å². The van der Waals surface area contributed by atoms with Gasteiger partial charge in [-0.3, -0.25) is 14.4 Å². The first-order valence-electron chi connectivity index (χ1n) is 20.3. The highest BCUT2D eigenvalue weighted by Crippen LogP contribution is 1.97. The van der Waals surface area contributed by atoms with Crippen molar-refractivity contribution in [1.82, 2.24) is 0 Å². The van der Waals surface area contributed by atoms with Crippen LogP contribution in [0.2, 0.25) is 0 Å². The van der Waals surface area contributed by atoms with Gasteiger partial charge in [0.05, 0.1) is 19.8 Å². The summed E-state index contributed by atoms with van der Waals surface area (Å²) in [6, 6.07) is 0. The molecule has 0 aromatic rings. The molecule has 0 amide bonds. The van der Waals surface area contributed by atoms with E-state index in [2.05, 4.69) is 83.4 Å². The van der Waals surface area contributed by atoms with Gasteiger partial charge in [0.15, 0.2) is 0 Å². The van der Waals surface area contributed by atoms with Crippen LogP contribution in [0, 0.1) is 0 Å². The lowest BCUT2D eigenvalue weighted by atomic mass is 10.2. The van der Waals surface area contributed by atoms with E-state index in [1.54, 1.807) is 20.8 Å². The minimum atomic E-state index is -0.211. The van der Waals surface area contributed by atoms with Gasteiger partial charge in [0.1, 0.15) is 0 Å². The first-order valence-corrected chi connectivity index (χ1v) is 20.3. The molecular weight excluding hydrogens is 600 g/mol. The summed E-state index contributed by atoms with van der Waals surface area (Å²) in [4.78, 5) is 29.5. The van der Waals surface area contributed by atoms with Crippen LogP contribution in [0.4, 0.5) is 0 Å². The van der Waals surface area contributed by atoms with Crippen LogP contribution in [0.3, 0.4) is 0 Å². The van der Waals surface area contributed by atoms with Crippen LogP contribution in [0.5, 0.6) is 0 Å². The molecule has 0 aliphatic carbocycles. The number of esters is 3. The summed E-state index contributed by atoms with van der Waals surface area (Å²) in [6.45, 7) is 33.3. The first-order chi connectivity index (χ1) is 22.9. The van der Waals surface area contributed by atoms with Crippen molar-refractivity contribution in [2.24, 2.45) is 0 Å². The molecule has 6 heteroatoms. The van der Waals surface area contributed by atoms with E-state index in [-0.39, 0.29) is 17.9 Å². The third kappa shape index (κ3) is 167. The van der Waals surface area contributed by atoms with Crippen molar-refractivity contribution in [2.75, 3.05) is 19.8 Å². The fourth-order valence-corrected chi connectivity index (χ4v) is 3.11. The molecule has 0 aromatic carbocycles. The highest BCUT2D eigenvalue weighted by atomic mass is 16.5. The fraction of sp³-hybridized carbons (Fsp3) is 0.929. The van der Waals surface area contributed by atoms with Gasteiger partial charge in [-0.1, -0.05) is 198 Å². The molecule has 0 radical (unpaired) electrons. The van der Waals surface area contributed by atoms with Crippen LogP contribution in [0.25, 0.3) is 0 Å². The molecule has 48 heavy (non-hydrogen) atoms. The second kappa shape index (κ2) is 80.2. The SMILES string of the molecule is CCCCCC.CCCCCC.CCCCCC.CCCCCC.CCCCCC.CCOC(C)=O.CCOC(C)=O.CCOC(C)=O. The average molecular weight is 695 g/mol. The molecule has 6 nitrogen and oxygen atoms in total. The van der Waals surface area contributed by atoms with E-state index in [0.29, 0.717) is 19.8 Å². The normalized spacial score (nSPS) is 8.50. The van der Waals surface area contributed by atoms with Gasteiger partial charge >= 0.3 is 17.9 Å². The molecule has 0 heterocycles. The van der Waals surface area contributed by atoms with Crippen molar-refractivity contribution in [1.29, 1.82) is 0 Å². The highest BCUT2D eigenvalue weighted by Gasteiger charge is 1.83. The predicted octanol–water partition coefficient (Wildman–Crippen LogP) is 14.6. The molecule has 0 saturated carbocycles. The number of carbonyl (C=O) groups excluding carboxylic acids is 3. The molecule has 0 aliphatic rings. The average Bonchev–Trinajstić information content (AvgIpc) is 3.05. The summed E-state index contributed by atoms with van der Waals surface area (Å²) in [6.07, 6.45) is 27.7. The summed E-state index contributed by atoms with van der Waals surface area (Å²) >= 11 is 0. The van der Waals surface area contributed by atoms with Gasteiger partial charge < -0.3 is 14.2 Å². The minimum absolute atomic E-state index is 0.211. The lowest BCUT2D eigenvalue weighted by molar-refractivity contribution is -0.141. The number of carbonyl (C=O) groups is 3. The van der Waals surface area contributed by atoms with Gasteiger partial charge in [0.2, 0.25) is 0 Å². The Morgan fingerprint density at radius 1 is 0.271 bits per heavy atom. The second-order valence-electron chi connectivity index (χ2n) is 11.3. The molecule has 0 rings (SSSR count). The zero-order valence-electron chi connectivity index (χ0n) is 36.2. The van der Waals surface area contributed by atoms with Crippen molar-refractivity contribution in [3.05, 3.63) is 0 Å². The topological polar surface area (TPSA) is 78.9 Å². The van der Waals surface area contributed by atoms with E-state index in [1.807, 2.05) is 0 Å². The van der Waals surface area contributed by atoms with Crippen molar-refractivity contribution in [2.45, 2.75) is 239 Å². The fourth-order valence-electron chi connectivity index (χ4n) is 3.11. The number of rotatable bonds is 18. The summed E-state index contributed by atoms with van der Waals surface area (Å²) in [5.41, 5.74) is 0. The van der Waals surface area contributed by atoms with Gasteiger partial charge in [-0.2, -0.15) is 0 Å². The van der Waals surface area contributed by atoms with Gasteiger partial charge in [-0.25, -0.2) is 0 Å². The second-order valence-corrected chi connectivity index (χ2v) is 11.3. The number of hydrogen-bond acceptors (Lipinski definition) is 6. The quantitative estimate of drug-likeness (QED) is 0.0807. The van der Waals surface area contributed by atoms with Crippen LogP contribution < -0.4 is 0 Å². The Morgan fingerprint density at radius 3 is 0.396 bits per heavy atom. The number of ether oxygens (including phenoxy) is 3.